The third kappa shape index (κ3) is 10.8. The molecule has 2 atom stereocenters. The van der Waals surface area contributed by atoms with Gasteiger partial charge in [0.25, 0.3) is 5.91 Å². The molecular weight excluding hydrogens is 536 g/mol. The van der Waals surface area contributed by atoms with Crippen molar-refractivity contribution < 1.29 is 34.1 Å². The number of aliphatic carboxylic acids is 2. The van der Waals surface area contributed by atoms with Crippen molar-refractivity contribution in [2.45, 2.75) is 57.7 Å². The Morgan fingerprint density at radius 1 is 0.833 bits per heavy atom. The second-order valence-electron chi connectivity index (χ2n) is 10.5. The lowest BCUT2D eigenvalue weighted by atomic mass is 10.0. The van der Waals surface area contributed by atoms with Crippen molar-refractivity contribution in [2.24, 2.45) is 0 Å². The summed E-state index contributed by atoms with van der Waals surface area (Å²) in [6, 6.07) is 22.8. The Labute approximate surface area is 247 Å². The quantitative estimate of drug-likeness (QED) is 0.167. The third-order valence-electron chi connectivity index (χ3n) is 7.05. The molecule has 0 spiro atoms. The first-order chi connectivity index (χ1) is 20.2. The fourth-order valence-corrected chi connectivity index (χ4v) is 4.66. The number of likely N-dealkylation sites (N-methyl/N-ethyl adjacent to an activating group) is 1. The highest BCUT2D eigenvalue weighted by Crippen LogP contribution is 2.18. The van der Waals surface area contributed by atoms with Gasteiger partial charge in [0.1, 0.15) is 6.61 Å². The number of hydrogen-bond acceptors (Lipinski definition) is 6. The number of carboxylic acids is 2. The number of aryl methyl sites for hydroxylation is 2. The topological polar surface area (TPSA) is 125 Å². The van der Waals surface area contributed by atoms with Gasteiger partial charge in [-0.05, 0) is 67.5 Å². The molecular formula is C33H42N2O7. The summed E-state index contributed by atoms with van der Waals surface area (Å²) in [5.41, 5.74) is 3.44. The summed E-state index contributed by atoms with van der Waals surface area (Å²) in [4.78, 5) is 37.7. The van der Waals surface area contributed by atoms with Crippen molar-refractivity contribution in [1.29, 1.82) is 0 Å². The molecule has 0 fully saturated rings. The van der Waals surface area contributed by atoms with Gasteiger partial charge in [0.15, 0.2) is 12.2 Å². The smallest absolute Gasteiger partial charge is 0.336 e. The van der Waals surface area contributed by atoms with E-state index in [1.165, 1.54) is 26.8 Å². The fourth-order valence-electron chi connectivity index (χ4n) is 4.66. The summed E-state index contributed by atoms with van der Waals surface area (Å²) >= 11 is 0. The number of rotatable bonds is 19. The summed E-state index contributed by atoms with van der Waals surface area (Å²) in [5.74, 6) is -3.31. The van der Waals surface area contributed by atoms with Gasteiger partial charge in [-0.25, -0.2) is 9.59 Å². The number of anilines is 1. The van der Waals surface area contributed by atoms with Crippen molar-refractivity contribution in [2.75, 3.05) is 38.7 Å². The SMILES string of the molecule is Cc1ccc(NCCCCOC(C(=O)N(C)CCCCCc2ccc3ccccc3c2)C(OCC(=O)O)C(=O)O)cc1. The summed E-state index contributed by atoms with van der Waals surface area (Å²) in [6.45, 7) is 2.41. The molecule has 42 heavy (non-hydrogen) atoms. The van der Waals surface area contributed by atoms with E-state index in [2.05, 4.69) is 35.6 Å². The average molecular weight is 579 g/mol. The number of ether oxygens (including phenoxy) is 2. The van der Waals surface area contributed by atoms with Crippen LogP contribution in [-0.4, -0.2) is 78.5 Å². The van der Waals surface area contributed by atoms with E-state index in [0.29, 0.717) is 19.5 Å². The van der Waals surface area contributed by atoms with Gasteiger partial charge in [-0.15, -0.1) is 0 Å². The maximum absolute atomic E-state index is 13.3. The Kier molecular flexibility index (Phi) is 13.3. The number of nitrogens with zero attached hydrogens (tertiary/aromatic N) is 1. The van der Waals surface area contributed by atoms with Crippen LogP contribution in [0.15, 0.2) is 66.7 Å². The molecule has 0 bridgehead atoms. The molecule has 0 aliphatic carbocycles. The monoisotopic (exact) mass is 578 g/mol. The van der Waals surface area contributed by atoms with Crippen molar-refractivity contribution in [3.05, 3.63) is 77.9 Å². The number of carbonyl (C=O) groups is 3. The van der Waals surface area contributed by atoms with Gasteiger partial charge in [-0.3, -0.25) is 4.79 Å². The molecule has 0 aromatic heterocycles. The zero-order valence-corrected chi connectivity index (χ0v) is 24.5. The van der Waals surface area contributed by atoms with Gasteiger partial charge in [0.05, 0.1) is 0 Å². The van der Waals surface area contributed by atoms with E-state index in [1.807, 2.05) is 43.3 Å². The number of unbranched alkanes of at least 4 members (excludes halogenated alkanes) is 3. The molecule has 0 radical (unpaired) electrons. The maximum atomic E-state index is 13.3. The minimum Gasteiger partial charge on any atom is -0.480 e. The van der Waals surface area contributed by atoms with E-state index >= 15 is 0 Å². The Morgan fingerprint density at radius 3 is 2.29 bits per heavy atom. The van der Waals surface area contributed by atoms with Crippen LogP contribution in [0.1, 0.15) is 43.2 Å². The molecule has 0 aliphatic heterocycles. The highest BCUT2D eigenvalue weighted by molar-refractivity contribution is 5.88. The zero-order chi connectivity index (χ0) is 30.3. The van der Waals surface area contributed by atoms with Crippen molar-refractivity contribution >= 4 is 34.3 Å². The van der Waals surface area contributed by atoms with Gasteiger partial charge in [-0.1, -0.05) is 66.6 Å². The molecule has 0 saturated heterocycles. The van der Waals surface area contributed by atoms with E-state index in [1.54, 1.807) is 7.05 Å². The van der Waals surface area contributed by atoms with E-state index < -0.39 is 36.7 Å². The minimum atomic E-state index is -1.73. The van der Waals surface area contributed by atoms with Crippen LogP contribution in [0, 0.1) is 6.92 Å². The van der Waals surface area contributed by atoms with Crippen molar-refractivity contribution in [3.8, 4) is 0 Å². The van der Waals surface area contributed by atoms with E-state index in [4.69, 9.17) is 14.6 Å². The molecule has 0 heterocycles. The van der Waals surface area contributed by atoms with Crippen LogP contribution in [0.2, 0.25) is 0 Å². The Bertz CT molecular complexity index is 1300. The molecule has 0 aliphatic rings. The lowest BCUT2D eigenvalue weighted by Gasteiger charge is -2.27. The normalized spacial score (nSPS) is 12.5. The summed E-state index contributed by atoms with van der Waals surface area (Å²) < 4.78 is 10.8. The largest absolute Gasteiger partial charge is 0.480 e. The number of fused-ring (bicyclic) bond motifs is 1. The number of carbonyl (C=O) groups excluding carboxylic acids is 1. The summed E-state index contributed by atoms with van der Waals surface area (Å²) in [5, 5.41) is 24.4. The first kappa shape index (κ1) is 32.6. The molecule has 3 aromatic carbocycles. The Balaban J connectivity index is 1.47. The summed E-state index contributed by atoms with van der Waals surface area (Å²) in [7, 11) is 1.60. The van der Waals surface area contributed by atoms with Crippen molar-refractivity contribution in [1.82, 2.24) is 4.90 Å². The van der Waals surface area contributed by atoms with Crippen LogP contribution in [0.4, 0.5) is 5.69 Å². The average Bonchev–Trinajstić information content (AvgIpc) is 2.97. The molecule has 3 rings (SSSR count). The van der Waals surface area contributed by atoms with E-state index in [0.717, 1.165) is 37.8 Å². The van der Waals surface area contributed by atoms with Gasteiger partial charge < -0.3 is 29.9 Å². The first-order valence-corrected chi connectivity index (χ1v) is 14.5. The van der Waals surface area contributed by atoms with Gasteiger partial charge in [0.2, 0.25) is 0 Å². The lowest BCUT2D eigenvalue weighted by Crippen LogP contribution is -2.50. The Morgan fingerprint density at radius 2 is 1.57 bits per heavy atom. The second kappa shape index (κ2) is 17.1. The van der Waals surface area contributed by atoms with Crippen LogP contribution in [-0.2, 0) is 30.3 Å². The van der Waals surface area contributed by atoms with Gasteiger partial charge >= 0.3 is 11.9 Å². The molecule has 0 saturated carbocycles. The van der Waals surface area contributed by atoms with E-state index in [9.17, 15) is 19.5 Å². The number of carboxylic acid groups (broad SMARTS) is 2. The first-order valence-electron chi connectivity index (χ1n) is 14.5. The molecule has 3 aromatic rings. The molecule has 9 heteroatoms. The third-order valence-corrected chi connectivity index (χ3v) is 7.05. The lowest BCUT2D eigenvalue weighted by molar-refractivity contribution is -0.175. The van der Waals surface area contributed by atoms with Crippen LogP contribution < -0.4 is 5.32 Å². The molecule has 9 nitrogen and oxygen atoms in total. The molecule has 226 valence electrons. The minimum absolute atomic E-state index is 0.131. The molecule has 1 amide bonds. The second-order valence-corrected chi connectivity index (χ2v) is 10.5. The summed E-state index contributed by atoms with van der Waals surface area (Å²) in [6.07, 6.45) is 1.64. The highest BCUT2D eigenvalue weighted by Gasteiger charge is 2.37. The zero-order valence-electron chi connectivity index (χ0n) is 24.5. The Hall–Kier alpha value is -3.95. The number of benzene rings is 3. The number of amides is 1. The highest BCUT2D eigenvalue weighted by atomic mass is 16.6. The van der Waals surface area contributed by atoms with Crippen LogP contribution in [0.5, 0.6) is 0 Å². The molecule has 3 N–H and O–H groups in total. The van der Waals surface area contributed by atoms with E-state index in [-0.39, 0.29) is 6.61 Å². The van der Waals surface area contributed by atoms with Crippen molar-refractivity contribution in [3.63, 3.8) is 0 Å². The van der Waals surface area contributed by atoms with Crippen LogP contribution >= 0.6 is 0 Å². The van der Waals surface area contributed by atoms with Crippen LogP contribution in [0.3, 0.4) is 0 Å². The van der Waals surface area contributed by atoms with Gasteiger partial charge in [0, 0.05) is 32.4 Å². The molecule has 2 unspecified atom stereocenters. The van der Waals surface area contributed by atoms with Gasteiger partial charge in [-0.2, -0.15) is 0 Å². The fraction of sp³-hybridized carbons (Fsp3) is 0.424. The number of hydrogen-bond donors (Lipinski definition) is 3. The maximum Gasteiger partial charge on any atom is 0.336 e. The van der Waals surface area contributed by atoms with Crippen LogP contribution in [0.25, 0.3) is 10.8 Å². The standard InChI is InChI=1S/C33H42N2O7/c1-24-13-17-28(18-14-24)34-19-7-9-21-41-30(31(33(39)40)42-23-29(36)37)32(38)35(2)20-8-3-4-10-25-15-16-26-11-5-6-12-27(26)22-25/h5-6,11-18,22,30-31,34H,3-4,7-10,19-21,23H2,1-2H3,(H,36,37)(H,39,40). The predicted octanol–water partition coefficient (Wildman–Crippen LogP) is 5.15. The number of nitrogens with one attached hydrogen (secondary N) is 1. The predicted molar refractivity (Wildman–Crippen MR) is 163 cm³/mol.